The van der Waals surface area contributed by atoms with E-state index in [2.05, 4.69) is 16.0 Å². The van der Waals surface area contributed by atoms with Crippen LogP contribution in [-0.4, -0.2) is 38.7 Å². The summed E-state index contributed by atoms with van der Waals surface area (Å²) in [6.07, 6.45) is 1.11. The molecule has 1 fully saturated rings. The van der Waals surface area contributed by atoms with Crippen molar-refractivity contribution in [3.05, 3.63) is 23.8 Å². The number of rotatable bonds is 5. The molecule has 0 aromatic heterocycles. The molecule has 1 heterocycles. The van der Waals surface area contributed by atoms with E-state index in [1.165, 1.54) is 0 Å². The molecule has 0 aliphatic carbocycles. The number of piperidine rings is 1. The lowest BCUT2D eigenvalue weighted by atomic mass is 10.1. The van der Waals surface area contributed by atoms with Crippen molar-refractivity contribution in [2.45, 2.75) is 25.4 Å². The van der Waals surface area contributed by atoms with Gasteiger partial charge in [0.15, 0.2) is 11.5 Å². The maximum Gasteiger partial charge on any atom is 0.315 e. The molecule has 0 bridgehead atoms. The van der Waals surface area contributed by atoms with E-state index >= 15 is 0 Å². The number of nitrogens with one attached hydrogen (secondary N) is 3. The summed E-state index contributed by atoms with van der Waals surface area (Å²) in [6, 6.07) is 5.20. The molecule has 7 heteroatoms. The zero-order chi connectivity index (χ0) is 15.9. The van der Waals surface area contributed by atoms with Crippen LogP contribution in [-0.2, 0) is 11.3 Å². The van der Waals surface area contributed by atoms with Gasteiger partial charge >= 0.3 is 6.03 Å². The SMILES string of the molecule is COc1ccc(CNC(=O)N[C@@H]2CCC(=O)NC2)cc1OC. The highest BCUT2D eigenvalue weighted by Gasteiger charge is 2.19. The Morgan fingerprint density at radius 2 is 2.09 bits per heavy atom. The van der Waals surface area contributed by atoms with Crippen LogP contribution in [0.15, 0.2) is 18.2 Å². The highest BCUT2D eigenvalue weighted by molar-refractivity contribution is 5.78. The van der Waals surface area contributed by atoms with Crippen LogP contribution < -0.4 is 25.4 Å². The fourth-order valence-corrected chi connectivity index (χ4v) is 2.27. The molecule has 0 spiro atoms. The molecule has 3 N–H and O–H groups in total. The molecule has 120 valence electrons. The van der Waals surface area contributed by atoms with Crippen LogP contribution >= 0.6 is 0 Å². The third-order valence-corrected chi connectivity index (χ3v) is 3.50. The zero-order valence-electron chi connectivity index (χ0n) is 12.8. The van der Waals surface area contributed by atoms with Crippen molar-refractivity contribution in [3.63, 3.8) is 0 Å². The van der Waals surface area contributed by atoms with Crippen molar-refractivity contribution in [3.8, 4) is 11.5 Å². The number of hydrogen-bond donors (Lipinski definition) is 3. The van der Waals surface area contributed by atoms with E-state index in [9.17, 15) is 9.59 Å². The molecule has 7 nitrogen and oxygen atoms in total. The van der Waals surface area contributed by atoms with E-state index in [4.69, 9.17) is 9.47 Å². The first-order valence-electron chi connectivity index (χ1n) is 7.14. The van der Waals surface area contributed by atoms with E-state index in [1.54, 1.807) is 20.3 Å². The summed E-state index contributed by atoms with van der Waals surface area (Å²) in [6.45, 7) is 0.855. The van der Waals surface area contributed by atoms with Gasteiger partial charge in [0.25, 0.3) is 0 Å². The average Bonchev–Trinajstić information content (AvgIpc) is 2.54. The van der Waals surface area contributed by atoms with Gasteiger partial charge in [0.2, 0.25) is 5.91 Å². The molecule has 1 aliphatic heterocycles. The first kappa shape index (κ1) is 15.9. The minimum Gasteiger partial charge on any atom is -0.493 e. The van der Waals surface area contributed by atoms with E-state index < -0.39 is 0 Å². The van der Waals surface area contributed by atoms with Gasteiger partial charge in [0.05, 0.1) is 14.2 Å². The highest BCUT2D eigenvalue weighted by atomic mass is 16.5. The van der Waals surface area contributed by atoms with Crippen molar-refractivity contribution in [2.24, 2.45) is 0 Å². The lowest BCUT2D eigenvalue weighted by Crippen LogP contribution is -2.50. The second kappa shape index (κ2) is 7.53. The Morgan fingerprint density at radius 3 is 2.73 bits per heavy atom. The largest absolute Gasteiger partial charge is 0.493 e. The summed E-state index contributed by atoms with van der Waals surface area (Å²) in [4.78, 5) is 22.9. The predicted octanol–water partition coefficient (Wildman–Crippen LogP) is 0.782. The smallest absolute Gasteiger partial charge is 0.315 e. The van der Waals surface area contributed by atoms with Gasteiger partial charge in [-0.1, -0.05) is 6.07 Å². The summed E-state index contributed by atoms with van der Waals surface area (Å²) in [5.41, 5.74) is 0.907. The van der Waals surface area contributed by atoms with Crippen molar-refractivity contribution in [2.75, 3.05) is 20.8 Å². The predicted molar refractivity (Wildman–Crippen MR) is 80.9 cm³/mol. The van der Waals surface area contributed by atoms with Crippen molar-refractivity contribution >= 4 is 11.9 Å². The summed E-state index contributed by atoms with van der Waals surface area (Å²) in [5, 5.41) is 8.35. The number of benzene rings is 1. The van der Waals surface area contributed by atoms with Crippen molar-refractivity contribution in [1.29, 1.82) is 0 Å². The first-order chi connectivity index (χ1) is 10.6. The minimum absolute atomic E-state index is 0.0249. The van der Waals surface area contributed by atoms with Gasteiger partial charge in [0.1, 0.15) is 0 Å². The summed E-state index contributed by atoms with van der Waals surface area (Å²) < 4.78 is 10.4. The molecule has 1 aromatic carbocycles. The van der Waals surface area contributed by atoms with Gasteiger partial charge in [-0.2, -0.15) is 0 Å². The van der Waals surface area contributed by atoms with Crippen LogP contribution in [0.25, 0.3) is 0 Å². The fourth-order valence-electron chi connectivity index (χ4n) is 2.27. The number of methoxy groups -OCH3 is 2. The van der Waals surface area contributed by atoms with Crippen LogP contribution in [0.1, 0.15) is 18.4 Å². The Hall–Kier alpha value is -2.44. The van der Waals surface area contributed by atoms with Gasteiger partial charge in [-0.15, -0.1) is 0 Å². The lowest BCUT2D eigenvalue weighted by Gasteiger charge is -2.23. The zero-order valence-corrected chi connectivity index (χ0v) is 12.8. The van der Waals surface area contributed by atoms with E-state index in [-0.39, 0.29) is 18.0 Å². The second-order valence-electron chi connectivity index (χ2n) is 5.06. The molecular formula is C15H21N3O4. The molecule has 1 atom stereocenters. The lowest BCUT2D eigenvalue weighted by molar-refractivity contribution is -0.122. The second-order valence-corrected chi connectivity index (χ2v) is 5.06. The molecule has 0 radical (unpaired) electrons. The topological polar surface area (TPSA) is 88.7 Å². The normalized spacial score (nSPS) is 17.4. The molecule has 2 rings (SSSR count). The molecule has 0 unspecified atom stereocenters. The Kier molecular flexibility index (Phi) is 5.46. The number of carbonyl (C=O) groups is 2. The van der Waals surface area contributed by atoms with Gasteiger partial charge in [-0.3, -0.25) is 4.79 Å². The van der Waals surface area contributed by atoms with Crippen molar-refractivity contribution < 1.29 is 19.1 Å². The van der Waals surface area contributed by atoms with E-state index in [1.807, 2.05) is 12.1 Å². The number of amides is 3. The van der Waals surface area contributed by atoms with Crippen LogP contribution in [0.3, 0.4) is 0 Å². The van der Waals surface area contributed by atoms with Crippen LogP contribution in [0.5, 0.6) is 11.5 Å². The van der Waals surface area contributed by atoms with Gasteiger partial charge in [0, 0.05) is 25.6 Å². The Bertz CT molecular complexity index is 538. The first-order valence-corrected chi connectivity index (χ1v) is 7.14. The van der Waals surface area contributed by atoms with Crippen LogP contribution in [0, 0.1) is 0 Å². The molecule has 1 aromatic rings. The fraction of sp³-hybridized carbons (Fsp3) is 0.467. The van der Waals surface area contributed by atoms with Crippen LogP contribution in [0.4, 0.5) is 4.79 Å². The van der Waals surface area contributed by atoms with Gasteiger partial charge in [-0.25, -0.2) is 4.79 Å². The van der Waals surface area contributed by atoms with Crippen molar-refractivity contribution in [1.82, 2.24) is 16.0 Å². The molecule has 0 saturated carbocycles. The minimum atomic E-state index is -0.254. The Labute approximate surface area is 129 Å². The van der Waals surface area contributed by atoms with Crippen LogP contribution in [0.2, 0.25) is 0 Å². The number of urea groups is 1. The maximum absolute atomic E-state index is 11.9. The third-order valence-electron chi connectivity index (χ3n) is 3.50. The molecule has 22 heavy (non-hydrogen) atoms. The van der Waals surface area contributed by atoms with Gasteiger partial charge < -0.3 is 25.4 Å². The molecule has 1 aliphatic rings. The van der Waals surface area contributed by atoms with E-state index in [0.717, 1.165) is 5.56 Å². The summed E-state index contributed by atoms with van der Waals surface area (Å²) in [5.74, 6) is 1.30. The molecular weight excluding hydrogens is 286 g/mol. The highest BCUT2D eigenvalue weighted by Crippen LogP contribution is 2.27. The third kappa shape index (κ3) is 4.28. The quantitative estimate of drug-likeness (QED) is 0.750. The Balaban J connectivity index is 1.82. The maximum atomic E-state index is 11.9. The number of ether oxygens (including phenoxy) is 2. The standard InChI is InChI=1S/C15H21N3O4/c1-21-12-5-3-10(7-13(12)22-2)8-17-15(20)18-11-4-6-14(19)16-9-11/h3,5,7,11H,4,6,8-9H2,1-2H3,(H,16,19)(H2,17,18,20)/t11-/m1/s1. The monoisotopic (exact) mass is 307 g/mol. The Morgan fingerprint density at radius 1 is 1.32 bits per heavy atom. The average molecular weight is 307 g/mol. The van der Waals surface area contributed by atoms with Gasteiger partial charge in [-0.05, 0) is 24.1 Å². The van der Waals surface area contributed by atoms with E-state index in [0.29, 0.717) is 37.4 Å². The molecule has 3 amide bonds. The number of carbonyl (C=O) groups excluding carboxylic acids is 2. The molecule has 1 saturated heterocycles. The summed E-state index contributed by atoms with van der Waals surface area (Å²) >= 11 is 0. The summed E-state index contributed by atoms with van der Waals surface area (Å²) in [7, 11) is 3.14. The number of hydrogen-bond acceptors (Lipinski definition) is 4.